The summed E-state index contributed by atoms with van der Waals surface area (Å²) in [6.07, 6.45) is 1.17. The average Bonchev–Trinajstić information content (AvgIpc) is 1.95. The lowest BCUT2D eigenvalue weighted by atomic mass is 9.69. The second kappa shape index (κ2) is 5.36. The van der Waals surface area contributed by atoms with E-state index in [9.17, 15) is 0 Å². The van der Waals surface area contributed by atoms with E-state index < -0.39 is 0 Å². The van der Waals surface area contributed by atoms with Gasteiger partial charge in [0.15, 0.2) is 0 Å². The normalized spacial score (nSPS) is 15.2. The SMILES string of the molecule is CC(C)(COC(C)(C)C)CC(C)(C)C(C)(C)I. The lowest BCUT2D eigenvalue weighted by Crippen LogP contribution is -2.39. The summed E-state index contributed by atoms with van der Waals surface area (Å²) in [4.78, 5) is 0. The molecule has 0 aromatic heterocycles. The van der Waals surface area contributed by atoms with Crippen LogP contribution >= 0.6 is 22.6 Å². The number of alkyl halides is 1. The summed E-state index contributed by atoms with van der Waals surface area (Å²) in [7, 11) is 0. The predicted molar refractivity (Wildman–Crippen MR) is 86.0 cm³/mol. The van der Waals surface area contributed by atoms with E-state index in [2.05, 4.69) is 84.9 Å². The molecule has 0 amide bonds. The number of hydrogen-bond acceptors (Lipinski definition) is 1. The van der Waals surface area contributed by atoms with Gasteiger partial charge in [-0.05, 0) is 38.0 Å². The lowest BCUT2D eigenvalue weighted by Gasteiger charge is -2.43. The Bertz CT molecular complexity index is 241. The third kappa shape index (κ3) is 7.00. The van der Waals surface area contributed by atoms with Gasteiger partial charge in [-0.3, -0.25) is 0 Å². The van der Waals surface area contributed by atoms with Crippen molar-refractivity contribution in [3.63, 3.8) is 0 Å². The zero-order valence-electron chi connectivity index (χ0n) is 13.2. The first-order valence-electron chi connectivity index (χ1n) is 6.49. The molecule has 0 N–H and O–H groups in total. The molecule has 0 aliphatic heterocycles. The maximum absolute atomic E-state index is 5.95. The molecule has 104 valence electrons. The Hall–Kier alpha value is 0.690. The van der Waals surface area contributed by atoms with Crippen LogP contribution in [0.2, 0.25) is 0 Å². The molecule has 0 aliphatic rings. The molecule has 1 nitrogen and oxygen atoms in total. The van der Waals surface area contributed by atoms with Gasteiger partial charge in [0.2, 0.25) is 0 Å². The molecule has 0 bridgehead atoms. The highest BCUT2D eigenvalue weighted by Gasteiger charge is 2.39. The zero-order chi connectivity index (χ0) is 14.1. The largest absolute Gasteiger partial charge is 0.375 e. The van der Waals surface area contributed by atoms with Gasteiger partial charge in [-0.25, -0.2) is 0 Å². The molecule has 0 fully saturated rings. The van der Waals surface area contributed by atoms with Gasteiger partial charge in [0.1, 0.15) is 0 Å². The topological polar surface area (TPSA) is 9.23 Å². The Morgan fingerprint density at radius 3 is 1.53 bits per heavy atom. The second-order valence-corrected chi connectivity index (χ2v) is 10.8. The van der Waals surface area contributed by atoms with Crippen molar-refractivity contribution in [1.29, 1.82) is 0 Å². The van der Waals surface area contributed by atoms with Crippen LogP contribution in [0.3, 0.4) is 0 Å². The van der Waals surface area contributed by atoms with E-state index in [1.807, 2.05) is 0 Å². The van der Waals surface area contributed by atoms with Crippen LogP contribution < -0.4 is 0 Å². The Kier molecular flexibility index (Phi) is 5.58. The monoisotopic (exact) mass is 354 g/mol. The van der Waals surface area contributed by atoms with E-state index in [1.54, 1.807) is 0 Å². The molecule has 0 atom stereocenters. The van der Waals surface area contributed by atoms with Crippen molar-refractivity contribution in [2.24, 2.45) is 10.8 Å². The first-order chi connectivity index (χ1) is 7.16. The van der Waals surface area contributed by atoms with E-state index in [0.717, 1.165) is 6.61 Å². The van der Waals surface area contributed by atoms with Gasteiger partial charge >= 0.3 is 0 Å². The number of rotatable bonds is 5. The lowest BCUT2D eigenvalue weighted by molar-refractivity contribution is -0.0545. The fourth-order valence-corrected chi connectivity index (χ4v) is 2.06. The Morgan fingerprint density at radius 1 is 0.824 bits per heavy atom. The molecule has 0 aliphatic carbocycles. The fraction of sp³-hybridized carbons (Fsp3) is 1.00. The van der Waals surface area contributed by atoms with Gasteiger partial charge in [0.05, 0.1) is 12.2 Å². The van der Waals surface area contributed by atoms with Gasteiger partial charge < -0.3 is 4.74 Å². The van der Waals surface area contributed by atoms with E-state index in [-0.39, 0.29) is 11.0 Å². The molecule has 0 rings (SSSR count). The Labute approximate surface area is 122 Å². The molecule has 0 spiro atoms. The van der Waals surface area contributed by atoms with E-state index in [4.69, 9.17) is 4.74 Å². The Balaban J connectivity index is 4.55. The molecular formula is C15H31IO. The quantitative estimate of drug-likeness (QED) is 0.471. The van der Waals surface area contributed by atoms with Crippen LogP contribution in [0.5, 0.6) is 0 Å². The van der Waals surface area contributed by atoms with E-state index >= 15 is 0 Å². The highest BCUT2D eigenvalue weighted by molar-refractivity contribution is 14.1. The molecule has 0 saturated carbocycles. The van der Waals surface area contributed by atoms with Crippen LogP contribution in [-0.4, -0.2) is 15.6 Å². The maximum atomic E-state index is 5.95. The third-order valence-corrected chi connectivity index (χ3v) is 4.89. The number of halogens is 1. The van der Waals surface area contributed by atoms with Crippen LogP contribution in [0.4, 0.5) is 0 Å². The number of ether oxygens (including phenoxy) is 1. The standard InChI is InChI=1S/C15H31IO/c1-12(2,3)17-11-13(4,5)10-14(6,7)15(8,9)16/h10-11H2,1-9H3. The minimum absolute atomic E-state index is 0.0404. The van der Waals surface area contributed by atoms with Crippen molar-refractivity contribution in [3.8, 4) is 0 Å². The van der Waals surface area contributed by atoms with Gasteiger partial charge in [0, 0.05) is 3.42 Å². The van der Waals surface area contributed by atoms with Gasteiger partial charge in [0.25, 0.3) is 0 Å². The molecule has 17 heavy (non-hydrogen) atoms. The second-order valence-electron chi connectivity index (χ2n) is 8.10. The number of hydrogen-bond donors (Lipinski definition) is 0. The summed E-state index contributed by atoms with van der Waals surface area (Å²) >= 11 is 2.56. The molecule has 0 unspecified atom stereocenters. The van der Waals surface area contributed by atoms with E-state index in [0.29, 0.717) is 8.84 Å². The molecule has 2 heteroatoms. The van der Waals surface area contributed by atoms with Crippen LogP contribution in [0.1, 0.15) is 68.7 Å². The van der Waals surface area contributed by atoms with Gasteiger partial charge in [-0.15, -0.1) is 0 Å². The molecular weight excluding hydrogens is 323 g/mol. The Morgan fingerprint density at radius 2 is 1.24 bits per heavy atom. The van der Waals surface area contributed by atoms with Crippen LogP contribution in [0.25, 0.3) is 0 Å². The fourth-order valence-electron chi connectivity index (χ4n) is 1.87. The van der Waals surface area contributed by atoms with Crippen molar-refractivity contribution in [3.05, 3.63) is 0 Å². The van der Waals surface area contributed by atoms with Crippen LogP contribution in [0, 0.1) is 10.8 Å². The predicted octanol–water partition coefficient (Wildman–Crippen LogP) is 5.46. The summed E-state index contributed by atoms with van der Waals surface area (Å²) in [5.74, 6) is 0. The summed E-state index contributed by atoms with van der Waals surface area (Å²) in [5.41, 5.74) is 0.485. The van der Waals surface area contributed by atoms with Crippen molar-refractivity contribution >= 4 is 22.6 Å². The van der Waals surface area contributed by atoms with E-state index in [1.165, 1.54) is 6.42 Å². The smallest absolute Gasteiger partial charge is 0.0598 e. The molecule has 0 radical (unpaired) electrons. The highest BCUT2D eigenvalue weighted by atomic mass is 127. The first kappa shape index (κ1) is 17.7. The summed E-state index contributed by atoms with van der Waals surface area (Å²) < 4.78 is 6.25. The van der Waals surface area contributed by atoms with Crippen molar-refractivity contribution in [1.82, 2.24) is 0 Å². The van der Waals surface area contributed by atoms with Crippen LogP contribution in [-0.2, 0) is 4.74 Å². The molecule has 0 aromatic carbocycles. The molecule has 0 saturated heterocycles. The van der Waals surface area contributed by atoms with Gasteiger partial charge in [-0.1, -0.05) is 64.1 Å². The first-order valence-corrected chi connectivity index (χ1v) is 7.57. The zero-order valence-corrected chi connectivity index (χ0v) is 15.4. The minimum Gasteiger partial charge on any atom is -0.375 e. The summed E-state index contributed by atoms with van der Waals surface area (Å²) in [5, 5.41) is 0. The van der Waals surface area contributed by atoms with Crippen molar-refractivity contribution in [2.45, 2.75) is 77.8 Å². The summed E-state index contributed by atoms with van der Waals surface area (Å²) in [6, 6.07) is 0. The van der Waals surface area contributed by atoms with Gasteiger partial charge in [-0.2, -0.15) is 0 Å². The minimum atomic E-state index is -0.0404. The molecule has 0 aromatic rings. The maximum Gasteiger partial charge on any atom is 0.0598 e. The van der Waals surface area contributed by atoms with Crippen LogP contribution in [0.15, 0.2) is 0 Å². The van der Waals surface area contributed by atoms with Crippen molar-refractivity contribution in [2.75, 3.05) is 6.61 Å². The highest BCUT2D eigenvalue weighted by Crippen LogP contribution is 2.46. The third-order valence-electron chi connectivity index (χ3n) is 3.43. The van der Waals surface area contributed by atoms with Crippen molar-refractivity contribution < 1.29 is 4.74 Å². The molecule has 0 heterocycles. The average molecular weight is 354 g/mol. The summed E-state index contributed by atoms with van der Waals surface area (Å²) in [6.45, 7) is 21.2.